The van der Waals surface area contributed by atoms with E-state index in [2.05, 4.69) is 4.72 Å². The zero-order chi connectivity index (χ0) is 16.9. The topological polar surface area (TPSA) is 72.5 Å². The number of sulfonamides is 1. The van der Waals surface area contributed by atoms with Gasteiger partial charge in [0.2, 0.25) is 10.0 Å². The van der Waals surface area contributed by atoms with E-state index in [0.29, 0.717) is 5.56 Å². The van der Waals surface area contributed by atoms with Gasteiger partial charge < -0.3 is 4.74 Å². The molecule has 0 radical (unpaired) electrons. The molecule has 0 aliphatic rings. The molecule has 0 fully saturated rings. The van der Waals surface area contributed by atoms with Crippen molar-refractivity contribution in [1.82, 2.24) is 4.72 Å². The van der Waals surface area contributed by atoms with Gasteiger partial charge >= 0.3 is 5.97 Å². The van der Waals surface area contributed by atoms with E-state index >= 15 is 0 Å². The van der Waals surface area contributed by atoms with E-state index in [1.165, 1.54) is 0 Å². The highest BCUT2D eigenvalue weighted by molar-refractivity contribution is 7.89. The molecule has 0 bridgehead atoms. The Kier molecular flexibility index (Phi) is 5.46. The van der Waals surface area contributed by atoms with Crippen molar-refractivity contribution in [3.63, 3.8) is 0 Å². The molecule has 23 heavy (non-hydrogen) atoms. The maximum absolute atomic E-state index is 12.9. The molecule has 122 valence electrons. The van der Waals surface area contributed by atoms with Crippen LogP contribution in [0.4, 0.5) is 4.39 Å². The predicted molar refractivity (Wildman–Crippen MR) is 82.5 cm³/mol. The Morgan fingerprint density at radius 1 is 1.13 bits per heavy atom. The van der Waals surface area contributed by atoms with E-state index in [-0.39, 0.29) is 11.5 Å². The summed E-state index contributed by atoms with van der Waals surface area (Å²) in [5.41, 5.74) is 0.455. The normalized spacial score (nSPS) is 12.6. The molecule has 1 N–H and O–H groups in total. The lowest BCUT2D eigenvalue weighted by atomic mass is 10.1. The quantitative estimate of drug-likeness (QED) is 0.822. The number of hydrogen-bond acceptors (Lipinski definition) is 4. The van der Waals surface area contributed by atoms with E-state index in [1.54, 1.807) is 37.3 Å². The van der Waals surface area contributed by atoms with E-state index in [1.807, 2.05) is 0 Å². The summed E-state index contributed by atoms with van der Waals surface area (Å²) in [6.45, 7) is 1.76. The highest BCUT2D eigenvalue weighted by Crippen LogP contribution is 2.19. The van der Waals surface area contributed by atoms with Crippen molar-refractivity contribution < 1.29 is 22.3 Å². The molecule has 0 saturated heterocycles. The van der Waals surface area contributed by atoms with Crippen LogP contribution in [0.1, 0.15) is 18.5 Å². The first-order valence-electron chi connectivity index (χ1n) is 6.93. The molecule has 2 rings (SSSR count). The predicted octanol–water partition coefficient (Wildman–Crippen LogP) is 2.41. The molecule has 0 amide bonds. The van der Waals surface area contributed by atoms with E-state index < -0.39 is 27.9 Å². The minimum atomic E-state index is -4.01. The van der Waals surface area contributed by atoms with Crippen molar-refractivity contribution in [2.24, 2.45) is 0 Å². The molecule has 0 aliphatic heterocycles. The Morgan fingerprint density at radius 2 is 1.74 bits per heavy atom. The van der Waals surface area contributed by atoms with Crippen molar-refractivity contribution in [3.8, 4) is 0 Å². The second-order valence-electron chi connectivity index (χ2n) is 4.67. The van der Waals surface area contributed by atoms with Crippen LogP contribution < -0.4 is 4.72 Å². The second-order valence-corrected chi connectivity index (χ2v) is 6.38. The van der Waals surface area contributed by atoms with Gasteiger partial charge in [0, 0.05) is 0 Å². The second kappa shape index (κ2) is 7.34. The molecule has 0 spiro atoms. The molecule has 0 saturated carbocycles. The van der Waals surface area contributed by atoms with Gasteiger partial charge in [-0.15, -0.1) is 0 Å². The standard InChI is InChI=1S/C16H16FNO4S/c1-2-22-16(19)15(12-6-4-3-5-7-12)18-23(20,21)14-10-8-13(17)9-11-14/h3-11,15,18H,2H2,1H3. The van der Waals surface area contributed by atoms with Crippen LogP contribution in [0.3, 0.4) is 0 Å². The Bertz CT molecular complexity index is 760. The van der Waals surface area contributed by atoms with Crippen molar-refractivity contribution in [1.29, 1.82) is 0 Å². The highest BCUT2D eigenvalue weighted by Gasteiger charge is 2.28. The monoisotopic (exact) mass is 337 g/mol. The van der Waals surface area contributed by atoms with Crippen molar-refractivity contribution in [3.05, 3.63) is 66.0 Å². The van der Waals surface area contributed by atoms with Gasteiger partial charge in [-0.05, 0) is 36.8 Å². The first-order valence-corrected chi connectivity index (χ1v) is 8.42. The molecule has 5 nitrogen and oxygen atoms in total. The van der Waals surface area contributed by atoms with Crippen molar-refractivity contribution in [2.75, 3.05) is 6.61 Å². The van der Waals surface area contributed by atoms with Gasteiger partial charge in [0.1, 0.15) is 11.9 Å². The summed E-state index contributed by atoms with van der Waals surface area (Å²) >= 11 is 0. The summed E-state index contributed by atoms with van der Waals surface area (Å²) in [5.74, 6) is -1.25. The van der Waals surface area contributed by atoms with Crippen LogP contribution in [0.25, 0.3) is 0 Å². The van der Waals surface area contributed by atoms with Crippen molar-refractivity contribution in [2.45, 2.75) is 17.9 Å². The number of rotatable bonds is 6. The first-order chi connectivity index (χ1) is 10.9. The maximum Gasteiger partial charge on any atom is 0.328 e. The van der Waals surface area contributed by atoms with Crippen molar-refractivity contribution >= 4 is 16.0 Å². The SMILES string of the molecule is CCOC(=O)C(NS(=O)(=O)c1ccc(F)cc1)c1ccccc1. The molecule has 0 aromatic heterocycles. The summed E-state index contributed by atoms with van der Waals surface area (Å²) in [4.78, 5) is 12.0. The third kappa shape index (κ3) is 4.37. The van der Waals surface area contributed by atoms with Crippen LogP contribution in [-0.2, 0) is 19.6 Å². The zero-order valence-electron chi connectivity index (χ0n) is 12.4. The lowest BCUT2D eigenvalue weighted by molar-refractivity contribution is -0.145. The molecular formula is C16H16FNO4S. The summed E-state index contributed by atoms with van der Waals surface area (Å²) < 4.78 is 45.0. The summed E-state index contributed by atoms with van der Waals surface area (Å²) in [6.07, 6.45) is 0. The molecular weight excluding hydrogens is 321 g/mol. The fourth-order valence-corrected chi connectivity index (χ4v) is 3.13. The molecule has 1 atom stereocenters. The summed E-state index contributed by atoms with van der Waals surface area (Å²) in [5, 5.41) is 0. The van der Waals surface area contributed by atoms with Gasteiger partial charge in [-0.25, -0.2) is 17.6 Å². The summed E-state index contributed by atoms with van der Waals surface area (Å²) in [6, 6.07) is 11.5. The number of carbonyl (C=O) groups is 1. The van der Waals surface area contributed by atoms with Gasteiger partial charge in [0.25, 0.3) is 0 Å². The smallest absolute Gasteiger partial charge is 0.328 e. The Hall–Kier alpha value is -2.25. The van der Waals surface area contributed by atoms with Gasteiger partial charge in [0.15, 0.2) is 0 Å². The van der Waals surface area contributed by atoms with Crippen LogP contribution in [0.15, 0.2) is 59.5 Å². The molecule has 0 heterocycles. The molecule has 7 heteroatoms. The first kappa shape index (κ1) is 17.1. The molecule has 2 aromatic rings. The maximum atomic E-state index is 12.9. The Morgan fingerprint density at radius 3 is 2.30 bits per heavy atom. The van der Waals surface area contributed by atoms with Crippen LogP contribution in [0.5, 0.6) is 0 Å². The lowest BCUT2D eigenvalue weighted by Crippen LogP contribution is -2.35. The summed E-state index contributed by atoms with van der Waals surface area (Å²) in [7, 11) is -4.01. The number of hydrogen-bond donors (Lipinski definition) is 1. The van der Waals surface area contributed by atoms with Crippen LogP contribution in [0.2, 0.25) is 0 Å². The molecule has 2 aromatic carbocycles. The Balaban J connectivity index is 2.33. The highest BCUT2D eigenvalue weighted by atomic mass is 32.2. The number of esters is 1. The van der Waals surface area contributed by atoms with Crippen LogP contribution in [0, 0.1) is 5.82 Å². The largest absolute Gasteiger partial charge is 0.465 e. The molecule has 1 unspecified atom stereocenters. The minimum Gasteiger partial charge on any atom is -0.465 e. The van der Waals surface area contributed by atoms with E-state index in [9.17, 15) is 17.6 Å². The zero-order valence-corrected chi connectivity index (χ0v) is 13.2. The third-order valence-corrected chi connectivity index (χ3v) is 4.49. The number of ether oxygens (including phenoxy) is 1. The number of halogens is 1. The molecule has 0 aliphatic carbocycles. The lowest BCUT2D eigenvalue weighted by Gasteiger charge is -2.17. The van der Waals surface area contributed by atoms with Gasteiger partial charge in [-0.2, -0.15) is 4.72 Å². The van der Waals surface area contributed by atoms with Crippen LogP contribution in [-0.4, -0.2) is 21.0 Å². The third-order valence-electron chi connectivity index (χ3n) is 3.05. The fourth-order valence-electron chi connectivity index (χ4n) is 1.96. The van der Waals surface area contributed by atoms with E-state index in [4.69, 9.17) is 4.74 Å². The number of benzene rings is 2. The van der Waals surface area contributed by atoms with Gasteiger partial charge in [-0.1, -0.05) is 30.3 Å². The Labute approximate surface area is 134 Å². The average Bonchev–Trinajstić information content (AvgIpc) is 2.54. The van der Waals surface area contributed by atoms with Gasteiger partial charge in [0.05, 0.1) is 11.5 Å². The van der Waals surface area contributed by atoms with Crippen LogP contribution >= 0.6 is 0 Å². The minimum absolute atomic E-state index is 0.125. The fraction of sp³-hybridized carbons (Fsp3) is 0.188. The van der Waals surface area contributed by atoms with E-state index in [0.717, 1.165) is 24.3 Å². The average molecular weight is 337 g/mol. The number of nitrogens with one attached hydrogen (secondary N) is 1. The number of carbonyl (C=O) groups excluding carboxylic acids is 1. The van der Waals surface area contributed by atoms with Gasteiger partial charge in [-0.3, -0.25) is 0 Å².